The Kier molecular flexibility index (Phi) is 8.74. The Morgan fingerprint density at radius 2 is 1.64 bits per heavy atom. The summed E-state index contributed by atoms with van der Waals surface area (Å²) in [7, 11) is 0. The summed E-state index contributed by atoms with van der Waals surface area (Å²) in [5, 5.41) is 13.8. The van der Waals surface area contributed by atoms with Crippen molar-refractivity contribution < 1.29 is 5.11 Å². The third-order valence-corrected chi connectivity index (χ3v) is 5.06. The predicted molar refractivity (Wildman–Crippen MR) is 109 cm³/mol. The third kappa shape index (κ3) is 6.29. The average molecular weight is 362 g/mol. The molecule has 0 amide bonds. The van der Waals surface area contributed by atoms with Gasteiger partial charge in [0.05, 0.1) is 6.10 Å². The minimum absolute atomic E-state index is 0.465. The first kappa shape index (κ1) is 20.2. The minimum atomic E-state index is -0.465. The molecule has 2 rings (SSSR count). The first-order valence-electron chi connectivity index (χ1n) is 9.74. The molecule has 0 aliphatic carbocycles. The number of hydrogen-bond donors (Lipinski definition) is 1. The van der Waals surface area contributed by atoms with E-state index in [1.165, 1.54) is 38.5 Å². The molecule has 0 radical (unpaired) electrons. The predicted octanol–water partition coefficient (Wildman–Crippen LogP) is 6.21. The van der Waals surface area contributed by atoms with Gasteiger partial charge in [0.15, 0.2) is 0 Å². The van der Waals surface area contributed by atoms with Crippen LogP contribution in [0.3, 0.4) is 0 Å². The first-order chi connectivity index (χ1) is 12.2. The Hall–Kier alpha value is -1.09. The maximum atomic E-state index is 10.9. The Morgan fingerprint density at radius 1 is 0.960 bits per heavy atom. The normalized spacial score (nSPS) is 12.8. The SMILES string of the molecule is CCCCCN(CCCCC)C[C@H](O)c1cccc2cc(Cl)ccc12. The lowest BCUT2D eigenvalue weighted by Crippen LogP contribution is -2.31. The first-order valence-corrected chi connectivity index (χ1v) is 10.1. The van der Waals surface area contributed by atoms with Crippen molar-refractivity contribution in [3.05, 3.63) is 47.0 Å². The highest BCUT2D eigenvalue weighted by Gasteiger charge is 2.15. The smallest absolute Gasteiger partial charge is 0.0922 e. The molecule has 0 bridgehead atoms. The van der Waals surface area contributed by atoms with E-state index in [0.29, 0.717) is 6.54 Å². The van der Waals surface area contributed by atoms with Gasteiger partial charge in [0.2, 0.25) is 0 Å². The van der Waals surface area contributed by atoms with Crippen molar-refractivity contribution >= 4 is 22.4 Å². The zero-order valence-electron chi connectivity index (χ0n) is 15.7. The quantitative estimate of drug-likeness (QED) is 0.481. The monoisotopic (exact) mass is 361 g/mol. The fourth-order valence-electron chi connectivity index (χ4n) is 3.38. The lowest BCUT2D eigenvalue weighted by Gasteiger charge is -2.26. The third-order valence-electron chi connectivity index (χ3n) is 4.82. The molecule has 0 heterocycles. The fourth-order valence-corrected chi connectivity index (χ4v) is 3.56. The van der Waals surface area contributed by atoms with Gasteiger partial charge in [0, 0.05) is 11.6 Å². The van der Waals surface area contributed by atoms with Gasteiger partial charge in [-0.15, -0.1) is 0 Å². The molecule has 2 aromatic rings. The Balaban J connectivity index is 2.09. The van der Waals surface area contributed by atoms with Crippen molar-refractivity contribution in [1.82, 2.24) is 4.90 Å². The number of aliphatic hydroxyl groups is 1. The Morgan fingerprint density at radius 3 is 2.28 bits per heavy atom. The van der Waals surface area contributed by atoms with E-state index < -0.39 is 6.10 Å². The van der Waals surface area contributed by atoms with Gasteiger partial charge in [-0.25, -0.2) is 0 Å². The molecule has 1 atom stereocenters. The highest BCUT2D eigenvalue weighted by molar-refractivity contribution is 6.31. The second kappa shape index (κ2) is 10.8. The molecule has 0 unspecified atom stereocenters. The molecule has 0 aliphatic rings. The number of fused-ring (bicyclic) bond motifs is 1. The zero-order chi connectivity index (χ0) is 18.1. The number of aliphatic hydroxyl groups excluding tert-OH is 1. The van der Waals surface area contributed by atoms with Crippen LogP contribution >= 0.6 is 11.6 Å². The van der Waals surface area contributed by atoms with Gasteiger partial charge in [0.25, 0.3) is 0 Å². The largest absolute Gasteiger partial charge is 0.387 e. The molecular formula is C22H32ClNO. The summed E-state index contributed by atoms with van der Waals surface area (Å²) in [5.74, 6) is 0. The van der Waals surface area contributed by atoms with Crippen LogP contribution in [0.15, 0.2) is 36.4 Å². The van der Waals surface area contributed by atoms with E-state index in [2.05, 4.69) is 24.8 Å². The minimum Gasteiger partial charge on any atom is -0.387 e. The van der Waals surface area contributed by atoms with Crippen LogP contribution in [0.4, 0.5) is 0 Å². The molecular weight excluding hydrogens is 330 g/mol. The van der Waals surface area contributed by atoms with Gasteiger partial charge < -0.3 is 10.0 Å². The summed E-state index contributed by atoms with van der Waals surface area (Å²) in [6.45, 7) is 7.32. The summed E-state index contributed by atoms with van der Waals surface area (Å²) in [6, 6.07) is 12.0. The molecule has 0 saturated heterocycles. The van der Waals surface area contributed by atoms with Crippen LogP contribution in [0.1, 0.15) is 64.0 Å². The molecule has 0 saturated carbocycles. The van der Waals surface area contributed by atoms with Gasteiger partial charge in [0.1, 0.15) is 0 Å². The summed E-state index contributed by atoms with van der Waals surface area (Å²) in [5.41, 5.74) is 1.00. The maximum Gasteiger partial charge on any atom is 0.0922 e. The highest BCUT2D eigenvalue weighted by atomic mass is 35.5. The zero-order valence-corrected chi connectivity index (χ0v) is 16.4. The van der Waals surface area contributed by atoms with Gasteiger partial charge in [-0.1, -0.05) is 75.4 Å². The number of hydrogen-bond acceptors (Lipinski definition) is 2. The second-order valence-electron chi connectivity index (χ2n) is 6.94. The van der Waals surface area contributed by atoms with Crippen LogP contribution in [-0.4, -0.2) is 29.6 Å². The summed E-state index contributed by atoms with van der Waals surface area (Å²) in [4.78, 5) is 2.44. The van der Waals surface area contributed by atoms with Crippen LogP contribution in [0.5, 0.6) is 0 Å². The van der Waals surface area contributed by atoms with Crippen molar-refractivity contribution in [2.45, 2.75) is 58.5 Å². The number of halogens is 1. The summed E-state index contributed by atoms with van der Waals surface area (Å²) in [6.07, 6.45) is 6.93. The van der Waals surface area contributed by atoms with Crippen molar-refractivity contribution in [2.75, 3.05) is 19.6 Å². The lowest BCUT2D eigenvalue weighted by atomic mass is 10.00. The molecule has 2 aromatic carbocycles. The van der Waals surface area contributed by atoms with E-state index in [1.54, 1.807) is 0 Å². The number of benzene rings is 2. The van der Waals surface area contributed by atoms with Gasteiger partial charge in [-0.2, -0.15) is 0 Å². The second-order valence-corrected chi connectivity index (χ2v) is 7.38. The molecule has 0 aliphatic heterocycles. The molecule has 1 N–H and O–H groups in total. The van der Waals surface area contributed by atoms with E-state index in [-0.39, 0.29) is 0 Å². The van der Waals surface area contributed by atoms with Gasteiger partial charge in [-0.3, -0.25) is 0 Å². The van der Waals surface area contributed by atoms with Crippen molar-refractivity contribution in [3.63, 3.8) is 0 Å². The standard InChI is InChI=1S/C22H32ClNO/c1-3-5-7-14-24(15-8-6-4-2)17-22(25)21-11-9-10-18-16-19(23)12-13-20(18)21/h9-13,16,22,25H,3-8,14-15,17H2,1-2H3/t22-/m0/s1. The molecule has 25 heavy (non-hydrogen) atoms. The molecule has 2 nitrogen and oxygen atoms in total. The molecule has 3 heteroatoms. The van der Waals surface area contributed by atoms with Gasteiger partial charge >= 0.3 is 0 Å². The van der Waals surface area contributed by atoms with Crippen LogP contribution in [-0.2, 0) is 0 Å². The van der Waals surface area contributed by atoms with E-state index in [0.717, 1.165) is 34.4 Å². The Bertz CT molecular complexity index is 633. The van der Waals surface area contributed by atoms with E-state index >= 15 is 0 Å². The van der Waals surface area contributed by atoms with Crippen molar-refractivity contribution in [1.29, 1.82) is 0 Å². The summed E-state index contributed by atoms with van der Waals surface area (Å²) >= 11 is 6.11. The van der Waals surface area contributed by atoms with E-state index in [4.69, 9.17) is 11.6 Å². The average Bonchev–Trinajstić information content (AvgIpc) is 2.61. The van der Waals surface area contributed by atoms with E-state index in [1.807, 2.05) is 30.3 Å². The topological polar surface area (TPSA) is 23.5 Å². The van der Waals surface area contributed by atoms with Crippen LogP contribution < -0.4 is 0 Å². The molecule has 138 valence electrons. The van der Waals surface area contributed by atoms with Crippen molar-refractivity contribution in [3.8, 4) is 0 Å². The van der Waals surface area contributed by atoms with Crippen LogP contribution in [0, 0.1) is 0 Å². The number of rotatable bonds is 11. The Labute approximate surface area is 157 Å². The summed E-state index contributed by atoms with van der Waals surface area (Å²) < 4.78 is 0. The van der Waals surface area contributed by atoms with E-state index in [9.17, 15) is 5.11 Å². The molecule has 0 fully saturated rings. The lowest BCUT2D eigenvalue weighted by molar-refractivity contribution is 0.111. The molecule has 0 spiro atoms. The van der Waals surface area contributed by atoms with Gasteiger partial charge in [-0.05, 0) is 54.4 Å². The fraction of sp³-hybridized carbons (Fsp3) is 0.545. The van der Waals surface area contributed by atoms with Crippen molar-refractivity contribution in [2.24, 2.45) is 0 Å². The van der Waals surface area contributed by atoms with Crippen LogP contribution in [0.25, 0.3) is 10.8 Å². The highest BCUT2D eigenvalue weighted by Crippen LogP contribution is 2.27. The number of nitrogens with zero attached hydrogens (tertiary/aromatic N) is 1. The molecule has 0 aromatic heterocycles. The maximum absolute atomic E-state index is 10.9. The van der Waals surface area contributed by atoms with Crippen LogP contribution in [0.2, 0.25) is 5.02 Å². The number of unbranched alkanes of at least 4 members (excludes halogenated alkanes) is 4.